The molecule has 0 unspecified atom stereocenters. The van der Waals surface area contributed by atoms with E-state index in [0.717, 1.165) is 16.8 Å². The molecule has 0 bridgehead atoms. The molecule has 1 aliphatic heterocycles. The van der Waals surface area contributed by atoms with Crippen LogP contribution in [0.25, 0.3) is 11.1 Å². The summed E-state index contributed by atoms with van der Waals surface area (Å²) < 4.78 is 0. The first-order chi connectivity index (χ1) is 15.7. The average molecular weight is 430 g/mol. The Morgan fingerprint density at radius 2 is 1.84 bits per heavy atom. The highest BCUT2D eigenvalue weighted by Gasteiger charge is 2.31. The molecule has 1 atom stereocenters. The summed E-state index contributed by atoms with van der Waals surface area (Å²) in [6, 6.07) is 18.1. The van der Waals surface area contributed by atoms with Gasteiger partial charge in [0.15, 0.2) is 0 Å². The van der Waals surface area contributed by atoms with Crippen LogP contribution in [0.5, 0.6) is 0 Å². The lowest BCUT2D eigenvalue weighted by molar-refractivity contribution is -0.134. The predicted octanol–water partition coefficient (Wildman–Crippen LogP) is 2.19. The van der Waals surface area contributed by atoms with Crippen molar-refractivity contribution in [3.05, 3.63) is 84.4 Å². The fourth-order valence-corrected chi connectivity index (χ4v) is 3.88. The first kappa shape index (κ1) is 21.6. The van der Waals surface area contributed by atoms with Crippen LogP contribution in [0.15, 0.2) is 73.2 Å². The van der Waals surface area contributed by atoms with Crippen molar-refractivity contribution >= 4 is 11.8 Å². The Morgan fingerprint density at radius 3 is 2.59 bits per heavy atom. The third kappa shape index (κ3) is 5.76. The van der Waals surface area contributed by atoms with E-state index in [1.807, 2.05) is 18.2 Å². The molecular weight excluding hydrogens is 402 g/mol. The van der Waals surface area contributed by atoms with Gasteiger partial charge in [-0.15, -0.1) is 0 Å². The maximum atomic E-state index is 12.5. The van der Waals surface area contributed by atoms with Crippen molar-refractivity contribution in [3.63, 3.8) is 0 Å². The minimum atomic E-state index is -0.478. The summed E-state index contributed by atoms with van der Waals surface area (Å²) >= 11 is 0. The van der Waals surface area contributed by atoms with Gasteiger partial charge in [-0.2, -0.15) is 0 Å². The molecule has 0 spiro atoms. The highest BCUT2D eigenvalue weighted by atomic mass is 16.2. The van der Waals surface area contributed by atoms with Crippen molar-refractivity contribution < 1.29 is 9.59 Å². The van der Waals surface area contributed by atoms with Gasteiger partial charge in [0, 0.05) is 51.2 Å². The minimum absolute atomic E-state index is 0.0961. The largest absolute Gasteiger partial charge is 0.356 e. The van der Waals surface area contributed by atoms with Gasteiger partial charge in [0.25, 0.3) is 0 Å². The second kappa shape index (κ2) is 10.6. The second-order valence-corrected chi connectivity index (χ2v) is 7.84. The topological polar surface area (TPSA) is 87.2 Å². The Hall–Kier alpha value is -3.58. The van der Waals surface area contributed by atoms with Gasteiger partial charge in [0.05, 0.1) is 18.2 Å². The van der Waals surface area contributed by atoms with Crippen LogP contribution in [-0.4, -0.2) is 52.4 Å². The fourth-order valence-electron chi connectivity index (χ4n) is 3.88. The van der Waals surface area contributed by atoms with E-state index in [1.54, 1.807) is 18.6 Å². The number of hydrogen-bond donors (Lipinski definition) is 2. The molecule has 7 heteroatoms. The smallest absolute Gasteiger partial charge is 0.237 e. The van der Waals surface area contributed by atoms with Crippen LogP contribution >= 0.6 is 0 Å². The SMILES string of the molecule is O=C(C[C@H]1C(=O)NCCN1Cc1ccc(-c2ccccc2)cc1)NCCc1cnccn1. The Labute approximate surface area is 187 Å². The Balaban J connectivity index is 1.34. The van der Waals surface area contributed by atoms with E-state index in [1.165, 1.54) is 5.56 Å². The van der Waals surface area contributed by atoms with Gasteiger partial charge in [-0.25, -0.2) is 0 Å². The monoisotopic (exact) mass is 429 g/mol. The van der Waals surface area contributed by atoms with Crippen LogP contribution in [0.4, 0.5) is 0 Å². The molecule has 2 heterocycles. The summed E-state index contributed by atoms with van der Waals surface area (Å²) in [4.78, 5) is 35.3. The molecule has 1 aromatic heterocycles. The average Bonchev–Trinajstić information content (AvgIpc) is 2.83. The molecular formula is C25H27N5O2. The number of hydrogen-bond acceptors (Lipinski definition) is 5. The van der Waals surface area contributed by atoms with Gasteiger partial charge in [0.2, 0.25) is 11.8 Å². The number of piperazine rings is 1. The number of rotatable bonds is 8. The van der Waals surface area contributed by atoms with Crippen molar-refractivity contribution in [1.29, 1.82) is 0 Å². The van der Waals surface area contributed by atoms with E-state index in [-0.39, 0.29) is 18.2 Å². The summed E-state index contributed by atoms with van der Waals surface area (Å²) in [5.74, 6) is -0.235. The first-order valence-corrected chi connectivity index (χ1v) is 10.9. The normalized spacial score (nSPS) is 16.4. The summed E-state index contributed by atoms with van der Waals surface area (Å²) in [6.45, 7) is 2.39. The summed E-state index contributed by atoms with van der Waals surface area (Å²) in [5, 5.41) is 5.78. The molecule has 0 radical (unpaired) electrons. The third-order valence-corrected chi connectivity index (χ3v) is 5.59. The van der Waals surface area contributed by atoms with Gasteiger partial charge >= 0.3 is 0 Å². The summed E-state index contributed by atoms with van der Waals surface area (Å²) in [6.07, 6.45) is 5.68. The molecule has 32 heavy (non-hydrogen) atoms. The lowest BCUT2D eigenvalue weighted by Crippen LogP contribution is -2.56. The van der Waals surface area contributed by atoms with Crippen molar-refractivity contribution in [3.8, 4) is 11.1 Å². The number of nitrogens with one attached hydrogen (secondary N) is 2. The van der Waals surface area contributed by atoms with Gasteiger partial charge < -0.3 is 10.6 Å². The van der Waals surface area contributed by atoms with Crippen molar-refractivity contribution in [2.24, 2.45) is 0 Å². The minimum Gasteiger partial charge on any atom is -0.356 e. The van der Waals surface area contributed by atoms with E-state index in [9.17, 15) is 9.59 Å². The molecule has 1 saturated heterocycles. The molecule has 2 aromatic carbocycles. The Morgan fingerprint density at radius 1 is 1.06 bits per heavy atom. The van der Waals surface area contributed by atoms with Crippen LogP contribution in [0.2, 0.25) is 0 Å². The molecule has 0 aliphatic carbocycles. The fraction of sp³-hybridized carbons (Fsp3) is 0.280. The molecule has 3 aromatic rings. The highest BCUT2D eigenvalue weighted by molar-refractivity contribution is 5.88. The van der Waals surface area contributed by atoms with Crippen molar-refractivity contribution in [2.75, 3.05) is 19.6 Å². The number of carbonyl (C=O) groups is 2. The zero-order valence-electron chi connectivity index (χ0n) is 17.9. The van der Waals surface area contributed by atoms with E-state index < -0.39 is 6.04 Å². The van der Waals surface area contributed by atoms with Crippen molar-refractivity contribution in [1.82, 2.24) is 25.5 Å². The zero-order valence-corrected chi connectivity index (χ0v) is 17.9. The zero-order chi connectivity index (χ0) is 22.2. The van der Waals surface area contributed by atoms with Crippen LogP contribution in [0.3, 0.4) is 0 Å². The molecule has 4 rings (SSSR count). The lowest BCUT2D eigenvalue weighted by Gasteiger charge is -2.34. The quantitative estimate of drug-likeness (QED) is 0.573. The van der Waals surface area contributed by atoms with Gasteiger partial charge in [-0.05, 0) is 16.7 Å². The van der Waals surface area contributed by atoms with E-state index in [2.05, 4.69) is 61.9 Å². The lowest BCUT2D eigenvalue weighted by atomic mass is 10.0. The molecule has 1 aliphatic rings. The van der Waals surface area contributed by atoms with Gasteiger partial charge in [-0.1, -0.05) is 54.6 Å². The van der Waals surface area contributed by atoms with E-state index >= 15 is 0 Å². The number of benzene rings is 2. The molecule has 0 saturated carbocycles. The number of amides is 2. The summed E-state index contributed by atoms with van der Waals surface area (Å²) in [5.41, 5.74) is 4.27. The standard InChI is InChI=1S/C25H27N5O2/c31-24(28-11-10-22-17-26-12-13-27-22)16-23-25(32)29-14-15-30(23)18-19-6-8-21(9-7-19)20-4-2-1-3-5-20/h1-9,12-13,17,23H,10-11,14-16,18H2,(H,28,31)(H,29,32)/t23-/m0/s1. The molecule has 1 fully saturated rings. The maximum Gasteiger partial charge on any atom is 0.237 e. The van der Waals surface area contributed by atoms with Gasteiger partial charge in [-0.3, -0.25) is 24.5 Å². The van der Waals surface area contributed by atoms with Gasteiger partial charge in [0.1, 0.15) is 0 Å². The van der Waals surface area contributed by atoms with Crippen molar-refractivity contribution in [2.45, 2.75) is 25.4 Å². The molecule has 2 N–H and O–H groups in total. The first-order valence-electron chi connectivity index (χ1n) is 10.9. The van der Waals surface area contributed by atoms with Crippen LogP contribution < -0.4 is 10.6 Å². The highest BCUT2D eigenvalue weighted by Crippen LogP contribution is 2.21. The predicted molar refractivity (Wildman–Crippen MR) is 122 cm³/mol. The summed E-state index contributed by atoms with van der Waals surface area (Å²) in [7, 11) is 0. The third-order valence-electron chi connectivity index (χ3n) is 5.59. The molecule has 2 amide bonds. The van der Waals surface area contributed by atoms with Crippen LogP contribution in [0.1, 0.15) is 17.7 Å². The van der Waals surface area contributed by atoms with Crippen LogP contribution in [0, 0.1) is 0 Å². The number of aromatic nitrogens is 2. The van der Waals surface area contributed by atoms with E-state index in [4.69, 9.17) is 0 Å². The maximum absolute atomic E-state index is 12.5. The molecule has 7 nitrogen and oxygen atoms in total. The Bertz CT molecular complexity index is 1030. The Kier molecular flexibility index (Phi) is 7.19. The second-order valence-electron chi connectivity index (χ2n) is 7.84. The number of carbonyl (C=O) groups excluding carboxylic acids is 2. The van der Waals surface area contributed by atoms with Crippen LogP contribution in [-0.2, 0) is 22.6 Å². The number of nitrogens with zero attached hydrogens (tertiary/aromatic N) is 3. The molecule has 164 valence electrons. The van der Waals surface area contributed by atoms with E-state index in [0.29, 0.717) is 32.6 Å².